The smallest absolute Gasteiger partial charge is 0.166 e. The third-order valence-electron chi connectivity index (χ3n) is 2.18. The highest BCUT2D eigenvalue weighted by atomic mass is 32.2. The summed E-state index contributed by atoms with van der Waals surface area (Å²) in [6.07, 6.45) is -0.0111. The van der Waals surface area contributed by atoms with Gasteiger partial charge in [-0.25, -0.2) is 0 Å². The summed E-state index contributed by atoms with van der Waals surface area (Å²) in [6, 6.07) is 0. The van der Waals surface area contributed by atoms with Gasteiger partial charge in [0.2, 0.25) is 0 Å². The number of hydrogen-bond donors (Lipinski definition) is 1. The predicted octanol–water partition coefficient (Wildman–Crippen LogP) is 1.34. The van der Waals surface area contributed by atoms with E-state index in [1.165, 1.54) is 18.8 Å². The fourth-order valence-corrected chi connectivity index (χ4v) is 2.40. The lowest BCUT2D eigenvalue weighted by atomic mass is 10.1. The summed E-state index contributed by atoms with van der Waals surface area (Å²) in [6.45, 7) is 7.84. The molecular formula is C10H21NO2S. The van der Waals surface area contributed by atoms with Crippen molar-refractivity contribution in [2.24, 2.45) is 5.92 Å². The number of ether oxygens (including phenoxy) is 2. The maximum absolute atomic E-state index is 5.46. The van der Waals surface area contributed by atoms with E-state index < -0.39 is 0 Å². The van der Waals surface area contributed by atoms with Crippen molar-refractivity contribution in [3.8, 4) is 0 Å². The molecule has 1 aliphatic rings. The maximum atomic E-state index is 5.46. The van der Waals surface area contributed by atoms with E-state index >= 15 is 0 Å². The van der Waals surface area contributed by atoms with E-state index in [1.807, 2.05) is 25.6 Å². The van der Waals surface area contributed by atoms with Crippen molar-refractivity contribution in [1.82, 2.24) is 5.32 Å². The molecule has 84 valence electrons. The first-order valence-corrected chi connectivity index (χ1v) is 6.54. The fraction of sp³-hybridized carbons (Fsp3) is 1.00. The molecule has 0 bridgehead atoms. The zero-order valence-electron chi connectivity index (χ0n) is 9.12. The summed E-state index contributed by atoms with van der Waals surface area (Å²) in [5.74, 6) is 3.05. The molecule has 1 fully saturated rings. The Labute approximate surface area is 90.9 Å². The van der Waals surface area contributed by atoms with Crippen LogP contribution in [0.3, 0.4) is 0 Å². The first-order chi connectivity index (χ1) is 6.86. The lowest BCUT2D eigenvalue weighted by molar-refractivity contribution is -0.120. The van der Waals surface area contributed by atoms with Gasteiger partial charge in [0.1, 0.15) is 0 Å². The summed E-state index contributed by atoms with van der Waals surface area (Å²) >= 11 is 1.94. The van der Waals surface area contributed by atoms with Crippen LogP contribution in [0.25, 0.3) is 0 Å². The maximum Gasteiger partial charge on any atom is 0.166 e. The van der Waals surface area contributed by atoms with Crippen molar-refractivity contribution in [2.75, 3.05) is 37.8 Å². The Morgan fingerprint density at radius 3 is 2.36 bits per heavy atom. The van der Waals surface area contributed by atoms with Gasteiger partial charge in [-0.3, -0.25) is 0 Å². The third-order valence-corrected chi connectivity index (χ3v) is 3.39. The monoisotopic (exact) mass is 219 g/mol. The highest BCUT2D eigenvalue weighted by Crippen LogP contribution is 2.14. The molecule has 0 atom stereocenters. The second kappa shape index (κ2) is 7.51. The van der Waals surface area contributed by atoms with Crippen molar-refractivity contribution in [3.63, 3.8) is 0 Å². The second-order valence-electron chi connectivity index (χ2n) is 3.40. The van der Waals surface area contributed by atoms with Crippen LogP contribution in [0, 0.1) is 5.92 Å². The van der Waals surface area contributed by atoms with E-state index in [2.05, 4.69) is 5.32 Å². The SMILES string of the molecule is CCOC(CSCC1CNC1)OCC. The van der Waals surface area contributed by atoms with Gasteiger partial charge < -0.3 is 14.8 Å². The summed E-state index contributed by atoms with van der Waals surface area (Å²) < 4.78 is 10.9. The molecule has 0 aromatic rings. The van der Waals surface area contributed by atoms with E-state index in [1.54, 1.807) is 0 Å². The summed E-state index contributed by atoms with van der Waals surface area (Å²) in [5, 5.41) is 3.27. The molecule has 1 N–H and O–H groups in total. The molecule has 0 unspecified atom stereocenters. The Hall–Kier alpha value is 0.230. The van der Waals surface area contributed by atoms with Gasteiger partial charge >= 0.3 is 0 Å². The van der Waals surface area contributed by atoms with Crippen LogP contribution in [0.15, 0.2) is 0 Å². The Bertz CT molecular complexity index is 136. The quantitative estimate of drug-likeness (QED) is 0.624. The molecule has 1 saturated heterocycles. The highest BCUT2D eigenvalue weighted by molar-refractivity contribution is 7.99. The molecule has 0 aliphatic carbocycles. The van der Waals surface area contributed by atoms with Gasteiger partial charge in [0.25, 0.3) is 0 Å². The molecule has 0 aromatic carbocycles. The Morgan fingerprint density at radius 1 is 1.29 bits per heavy atom. The Morgan fingerprint density at radius 2 is 1.93 bits per heavy atom. The van der Waals surface area contributed by atoms with Crippen LogP contribution in [0.5, 0.6) is 0 Å². The molecule has 3 nitrogen and oxygen atoms in total. The number of thioether (sulfide) groups is 1. The molecule has 14 heavy (non-hydrogen) atoms. The lowest BCUT2D eigenvalue weighted by Crippen LogP contribution is -2.43. The van der Waals surface area contributed by atoms with Crippen LogP contribution in [0.4, 0.5) is 0 Å². The molecule has 4 heteroatoms. The lowest BCUT2D eigenvalue weighted by Gasteiger charge is -2.27. The van der Waals surface area contributed by atoms with E-state index in [-0.39, 0.29) is 6.29 Å². The number of rotatable bonds is 8. The second-order valence-corrected chi connectivity index (χ2v) is 4.48. The van der Waals surface area contributed by atoms with Crippen LogP contribution >= 0.6 is 11.8 Å². The normalized spacial score (nSPS) is 17.4. The van der Waals surface area contributed by atoms with E-state index in [0.29, 0.717) is 0 Å². The molecular weight excluding hydrogens is 198 g/mol. The van der Waals surface area contributed by atoms with Crippen molar-refractivity contribution in [3.05, 3.63) is 0 Å². The Kier molecular flexibility index (Phi) is 6.60. The van der Waals surface area contributed by atoms with Gasteiger partial charge in [0.05, 0.1) is 0 Å². The van der Waals surface area contributed by atoms with Crippen molar-refractivity contribution in [2.45, 2.75) is 20.1 Å². The van der Waals surface area contributed by atoms with Crippen LogP contribution in [0.1, 0.15) is 13.8 Å². The number of nitrogens with one attached hydrogen (secondary N) is 1. The summed E-state index contributed by atoms with van der Waals surface area (Å²) in [4.78, 5) is 0. The third kappa shape index (κ3) is 4.64. The van der Waals surface area contributed by atoms with Crippen LogP contribution in [-0.4, -0.2) is 44.1 Å². The summed E-state index contributed by atoms with van der Waals surface area (Å²) in [7, 11) is 0. The van der Waals surface area contributed by atoms with E-state index in [9.17, 15) is 0 Å². The Balaban J connectivity index is 1.99. The van der Waals surface area contributed by atoms with Crippen LogP contribution in [0.2, 0.25) is 0 Å². The predicted molar refractivity (Wildman–Crippen MR) is 60.7 cm³/mol. The molecule has 1 heterocycles. The van der Waals surface area contributed by atoms with Gasteiger partial charge in [-0.2, -0.15) is 11.8 Å². The van der Waals surface area contributed by atoms with Gasteiger partial charge in [-0.05, 0) is 38.6 Å². The first-order valence-electron chi connectivity index (χ1n) is 5.38. The average molecular weight is 219 g/mol. The molecule has 0 amide bonds. The minimum absolute atomic E-state index is 0.0111. The minimum atomic E-state index is -0.0111. The molecule has 0 spiro atoms. The standard InChI is InChI=1S/C10H21NO2S/c1-3-12-10(13-4-2)8-14-7-9-5-11-6-9/h9-11H,3-8H2,1-2H3. The molecule has 0 radical (unpaired) electrons. The largest absolute Gasteiger partial charge is 0.352 e. The van der Waals surface area contributed by atoms with Gasteiger partial charge in [-0.15, -0.1) is 0 Å². The number of hydrogen-bond acceptors (Lipinski definition) is 4. The summed E-state index contributed by atoms with van der Waals surface area (Å²) in [5.41, 5.74) is 0. The molecule has 1 rings (SSSR count). The molecule has 0 aromatic heterocycles. The highest BCUT2D eigenvalue weighted by Gasteiger charge is 2.17. The van der Waals surface area contributed by atoms with E-state index in [0.717, 1.165) is 24.9 Å². The topological polar surface area (TPSA) is 30.5 Å². The minimum Gasteiger partial charge on any atom is -0.352 e. The van der Waals surface area contributed by atoms with Gasteiger partial charge in [-0.1, -0.05) is 0 Å². The first kappa shape index (κ1) is 12.3. The fourth-order valence-electron chi connectivity index (χ4n) is 1.31. The van der Waals surface area contributed by atoms with Gasteiger partial charge in [0, 0.05) is 19.0 Å². The zero-order valence-corrected chi connectivity index (χ0v) is 9.94. The molecule has 0 saturated carbocycles. The van der Waals surface area contributed by atoms with Crippen LogP contribution in [-0.2, 0) is 9.47 Å². The average Bonchev–Trinajstić information content (AvgIpc) is 2.10. The van der Waals surface area contributed by atoms with Crippen LogP contribution < -0.4 is 5.32 Å². The van der Waals surface area contributed by atoms with Gasteiger partial charge in [0.15, 0.2) is 6.29 Å². The van der Waals surface area contributed by atoms with E-state index in [4.69, 9.17) is 9.47 Å². The van der Waals surface area contributed by atoms with Crippen molar-refractivity contribution >= 4 is 11.8 Å². The zero-order chi connectivity index (χ0) is 10.2. The van der Waals surface area contributed by atoms with Crippen molar-refractivity contribution in [1.29, 1.82) is 0 Å². The molecule has 1 aliphatic heterocycles. The van der Waals surface area contributed by atoms with Crippen molar-refractivity contribution < 1.29 is 9.47 Å².